The number of hydrogen-bond donors (Lipinski definition) is 3. The zero-order valence-corrected chi connectivity index (χ0v) is 12.2. The average molecular weight is 302 g/mol. The predicted octanol–water partition coefficient (Wildman–Crippen LogP) is 2.29. The summed E-state index contributed by atoms with van der Waals surface area (Å²) in [4.78, 5) is 11.4. The Labute approximate surface area is 132 Å². The van der Waals surface area contributed by atoms with Crippen molar-refractivity contribution < 1.29 is 5.11 Å². The molecule has 0 aliphatic carbocycles. The van der Waals surface area contributed by atoms with E-state index in [1.165, 1.54) is 0 Å². The number of hydrogen-bond acceptors (Lipinski definition) is 4. The van der Waals surface area contributed by atoms with Crippen molar-refractivity contribution in [3.8, 4) is 5.88 Å². The highest BCUT2D eigenvalue weighted by Gasteiger charge is 2.07. The first-order valence-corrected chi connectivity index (χ1v) is 7.25. The summed E-state index contributed by atoms with van der Waals surface area (Å²) >= 11 is 0. The molecule has 0 bridgehead atoms. The van der Waals surface area contributed by atoms with Gasteiger partial charge in [0.05, 0.1) is 5.36 Å². The molecule has 1 aliphatic rings. The largest absolute Gasteiger partial charge is 0.492 e. The second-order valence-electron chi connectivity index (χ2n) is 5.22. The number of rotatable bonds is 3. The van der Waals surface area contributed by atoms with Crippen LogP contribution in [-0.4, -0.2) is 15.1 Å². The molecule has 23 heavy (non-hydrogen) atoms. The topological polar surface area (TPSA) is 73.3 Å². The van der Waals surface area contributed by atoms with Crippen LogP contribution in [0.1, 0.15) is 11.3 Å². The Morgan fingerprint density at radius 3 is 2.83 bits per heavy atom. The van der Waals surface area contributed by atoms with Crippen LogP contribution in [0, 0.1) is 0 Å². The summed E-state index contributed by atoms with van der Waals surface area (Å²) in [6.45, 7) is 0. The number of nitrogens with zero attached hydrogens (tertiary/aromatic N) is 2. The summed E-state index contributed by atoms with van der Waals surface area (Å²) in [5, 5.41) is 15.1. The molecule has 0 saturated heterocycles. The van der Waals surface area contributed by atoms with E-state index in [0.29, 0.717) is 11.6 Å². The van der Waals surface area contributed by atoms with Gasteiger partial charge in [-0.15, -0.1) is 0 Å². The quantitative estimate of drug-likeness (QED) is 0.695. The third kappa shape index (κ3) is 2.72. The van der Waals surface area contributed by atoms with Gasteiger partial charge in [-0.25, -0.2) is 0 Å². The maximum absolute atomic E-state index is 10.0. The Morgan fingerprint density at radius 1 is 1.09 bits per heavy atom. The molecule has 0 spiro atoms. The Hall–Kier alpha value is -3.34. The van der Waals surface area contributed by atoms with Crippen molar-refractivity contribution in [2.75, 3.05) is 5.32 Å². The van der Waals surface area contributed by atoms with E-state index < -0.39 is 0 Å². The molecule has 2 heterocycles. The standard InChI is InChI=1S/C18H14N4O/c23-17-16(11-12-6-7-15-13(10-12)8-9-19-15)21-18(22-17)20-14-4-2-1-3-5-14/h1-11,23H,(H2,20,21,22). The minimum atomic E-state index is -0.0378. The molecule has 0 amide bonds. The zero-order valence-electron chi connectivity index (χ0n) is 12.2. The number of benzene rings is 2. The maximum Gasteiger partial charge on any atom is 0.238 e. The molecule has 5 heteroatoms. The molecule has 0 unspecified atom stereocenters. The highest BCUT2D eigenvalue weighted by molar-refractivity contribution is 5.60. The van der Waals surface area contributed by atoms with E-state index in [1.807, 2.05) is 60.7 Å². The molecule has 5 nitrogen and oxygen atoms in total. The lowest BCUT2D eigenvalue weighted by atomic mass is 10.1. The van der Waals surface area contributed by atoms with Gasteiger partial charge in [-0.1, -0.05) is 24.3 Å². The Balaban J connectivity index is 1.66. The lowest BCUT2D eigenvalue weighted by Gasteiger charge is -2.00. The molecule has 112 valence electrons. The van der Waals surface area contributed by atoms with Crippen LogP contribution < -0.4 is 15.9 Å². The number of aromatic nitrogens is 2. The number of aromatic amines is 1. The van der Waals surface area contributed by atoms with Crippen LogP contribution in [0.15, 0.2) is 59.7 Å². The maximum atomic E-state index is 10.0. The van der Waals surface area contributed by atoms with E-state index >= 15 is 0 Å². The van der Waals surface area contributed by atoms with Crippen molar-refractivity contribution in [3.05, 3.63) is 76.6 Å². The number of para-hydroxylation sites is 1. The van der Waals surface area contributed by atoms with Crippen LogP contribution in [0.3, 0.4) is 0 Å². The summed E-state index contributed by atoms with van der Waals surface area (Å²) in [5.41, 5.74) is 2.53. The smallest absolute Gasteiger partial charge is 0.238 e. The number of imidazole rings is 1. The molecule has 2 aromatic carbocycles. The van der Waals surface area contributed by atoms with Gasteiger partial charge in [0, 0.05) is 17.5 Å². The monoisotopic (exact) mass is 302 g/mol. The molecule has 0 fully saturated rings. The minimum Gasteiger partial charge on any atom is -0.492 e. The van der Waals surface area contributed by atoms with E-state index in [0.717, 1.165) is 21.8 Å². The highest BCUT2D eigenvalue weighted by atomic mass is 16.3. The SMILES string of the molecule is Oc1nc(Nc2ccccc2)[nH]c1C=c1ccc2c(c1)C=CN=2. The van der Waals surface area contributed by atoms with Gasteiger partial charge in [-0.2, -0.15) is 4.98 Å². The van der Waals surface area contributed by atoms with Crippen LogP contribution in [0.5, 0.6) is 5.88 Å². The first-order chi connectivity index (χ1) is 11.3. The second kappa shape index (κ2) is 5.46. The third-order valence-corrected chi connectivity index (χ3v) is 3.58. The normalized spacial score (nSPS) is 13.0. The van der Waals surface area contributed by atoms with E-state index in [4.69, 9.17) is 0 Å². The van der Waals surface area contributed by atoms with Crippen LogP contribution in [0.25, 0.3) is 12.2 Å². The molecule has 4 rings (SSSR count). The van der Waals surface area contributed by atoms with Gasteiger partial charge in [0.1, 0.15) is 5.69 Å². The first kappa shape index (κ1) is 13.3. The van der Waals surface area contributed by atoms with E-state index in [2.05, 4.69) is 20.3 Å². The fourth-order valence-corrected chi connectivity index (χ4v) is 2.47. The molecular formula is C18H14N4O. The second-order valence-corrected chi connectivity index (χ2v) is 5.22. The molecule has 0 atom stereocenters. The van der Waals surface area contributed by atoms with Crippen molar-refractivity contribution in [1.29, 1.82) is 0 Å². The third-order valence-electron chi connectivity index (χ3n) is 3.58. The summed E-state index contributed by atoms with van der Waals surface area (Å²) in [6, 6.07) is 15.6. The molecule has 1 aliphatic heterocycles. The van der Waals surface area contributed by atoms with Crippen LogP contribution in [-0.2, 0) is 0 Å². The zero-order chi connectivity index (χ0) is 15.6. The molecule has 0 saturated carbocycles. The number of nitrogens with one attached hydrogen (secondary N) is 2. The van der Waals surface area contributed by atoms with Gasteiger partial charge >= 0.3 is 0 Å². The fraction of sp³-hybridized carbons (Fsp3) is 0. The number of fused-ring (bicyclic) bond motifs is 1. The summed E-state index contributed by atoms with van der Waals surface area (Å²) in [5.74, 6) is 0.458. The molecule has 3 N–H and O–H groups in total. The van der Waals surface area contributed by atoms with Crippen molar-refractivity contribution in [2.45, 2.75) is 0 Å². The van der Waals surface area contributed by atoms with E-state index in [-0.39, 0.29) is 5.88 Å². The van der Waals surface area contributed by atoms with Crippen LogP contribution in [0.4, 0.5) is 11.6 Å². The number of aromatic hydroxyl groups is 1. The Kier molecular flexibility index (Phi) is 3.16. The molecule has 1 aromatic heterocycles. The lowest BCUT2D eigenvalue weighted by molar-refractivity contribution is 0.455. The summed E-state index contributed by atoms with van der Waals surface area (Å²) in [6.07, 6.45) is 5.59. The fourth-order valence-electron chi connectivity index (χ4n) is 2.47. The van der Waals surface area contributed by atoms with Gasteiger partial charge in [-0.05, 0) is 41.6 Å². The Bertz CT molecular complexity index is 1000. The van der Waals surface area contributed by atoms with E-state index in [1.54, 1.807) is 6.20 Å². The van der Waals surface area contributed by atoms with E-state index in [9.17, 15) is 5.11 Å². The average Bonchev–Trinajstić information content (AvgIpc) is 3.15. The summed E-state index contributed by atoms with van der Waals surface area (Å²) < 4.78 is 0. The molecular weight excluding hydrogens is 288 g/mol. The van der Waals surface area contributed by atoms with Gasteiger partial charge in [-0.3, -0.25) is 4.99 Å². The van der Waals surface area contributed by atoms with Crippen molar-refractivity contribution >= 4 is 23.8 Å². The van der Waals surface area contributed by atoms with Gasteiger partial charge in [0.25, 0.3) is 0 Å². The predicted molar refractivity (Wildman–Crippen MR) is 89.8 cm³/mol. The molecule has 0 radical (unpaired) electrons. The number of H-pyrrole nitrogens is 1. The van der Waals surface area contributed by atoms with Crippen molar-refractivity contribution in [2.24, 2.45) is 4.99 Å². The Morgan fingerprint density at radius 2 is 1.96 bits per heavy atom. The van der Waals surface area contributed by atoms with Crippen LogP contribution in [0.2, 0.25) is 0 Å². The first-order valence-electron chi connectivity index (χ1n) is 7.25. The molecule has 3 aromatic rings. The summed E-state index contributed by atoms with van der Waals surface area (Å²) in [7, 11) is 0. The highest BCUT2D eigenvalue weighted by Crippen LogP contribution is 2.20. The van der Waals surface area contributed by atoms with Crippen molar-refractivity contribution in [1.82, 2.24) is 9.97 Å². The van der Waals surface area contributed by atoms with Crippen molar-refractivity contribution in [3.63, 3.8) is 0 Å². The van der Waals surface area contributed by atoms with Gasteiger partial charge in [0.2, 0.25) is 11.8 Å². The number of anilines is 2. The minimum absolute atomic E-state index is 0.0378. The lowest BCUT2D eigenvalue weighted by Crippen LogP contribution is -2.10. The van der Waals surface area contributed by atoms with Gasteiger partial charge < -0.3 is 15.4 Å². The van der Waals surface area contributed by atoms with Gasteiger partial charge in [0.15, 0.2) is 0 Å². The van der Waals surface area contributed by atoms with Crippen LogP contribution >= 0.6 is 0 Å².